The van der Waals surface area contributed by atoms with E-state index in [4.69, 9.17) is 22.3 Å². The molecule has 1 aromatic heterocycles. The molecule has 1 aromatic carbocycles. The molecule has 0 radical (unpaired) electrons. The molecule has 0 saturated carbocycles. The van der Waals surface area contributed by atoms with Gasteiger partial charge in [0.2, 0.25) is 0 Å². The van der Waals surface area contributed by atoms with Gasteiger partial charge in [-0.1, -0.05) is 6.08 Å². The van der Waals surface area contributed by atoms with Crippen LogP contribution in [0.5, 0.6) is 5.75 Å². The Morgan fingerprint density at radius 1 is 1.34 bits per heavy atom. The van der Waals surface area contributed by atoms with Gasteiger partial charge in [-0.05, 0) is 61.1 Å². The van der Waals surface area contributed by atoms with Gasteiger partial charge in [0.25, 0.3) is 0 Å². The maximum Gasteiger partial charge on any atom is 0.394 e. The minimum Gasteiger partial charge on any atom is -0.497 e. The SMILES string of the molecule is C=C[C@H]1CN2CCC1C[C@@H]2[C@@H](O)c1ccnc2ccc(OC)cc12.O=S(=O)(O)O. The van der Waals surface area contributed by atoms with Crippen LogP contribution in [0.15, 0.2) is 43.1 Å². The number of aliphatic hydroxyl groups is 1. The topological polar surface area (TPSA) is 120 Å². The van der Waals surface area contributed by atoms with Crippen molar-refractivity contribution in [3.63, 3.8) is 0 Å². The standard InChI is InChI=1S/C20H24N2O2.H2O4S/c1-3-13-12-22-9-7-14(13)10-19(22)20(23)16-6-8-21-18-5-4-15(24-2)11-17(16)18;1-5(2,3)4/h3-6,8,11,13-14,19-20,23H,1,7,9-10,12H2,2H3;(H2,1,2,3,4)/t13-,14?,19+,20-;/m0./s1. The maximum absolute atomic E-state index is 11.2. The molecule has 5 atom stereocenters. The molecule has 29 heavy (non-hydrogen) atoms. The molecule has 0 aliphatic carbocycles. The smallest absolute Gasteiger partial charge is 0.394 e. The first-order valence-electron chi connectivity index (χ1n) is 9.38. The molecule has 0 amide bonds. The number of aliphatic hydroxyl groups excluding tert-OH is 1. The van der Waals surface area contributed by atoms with Crippen molar-refractivity contribution in [2.24, 2.45) is 11.8 Å². The molecule has 5 rings (SSSR count). The third kappa shape index (κ3) is 5.12. The van der Waals surface area contributed by atoms with Crippen LogP contribution in [-0.4, -0.2) is 58.8 Å². The van der Waals surface area contributed by atoms with Crippen molar-refractivity contribution in [3.05, 3.63) is 48.7 Å². The van der Waals surface area contributed by atoms with Gasteiger partial charge in [-0.25, -0.2) is 0 Å². The number of nitrogens with zero attached hydrogens (tertiary/aromatic N) is 2. The Bertz CT molecular complexity index is 972. The lowest BCUT2D eigenvalue weighted by molar-refractivity contribution is -0.0444. The van der Waals surface area contributed by atoms with Gasteiger partial charge >= 0.3 is 10.4 Å². The van der Waals surface area contributed by atoms with Gasteiger partial charge in [-0.3, -0.25) is 19.0 Å². The first kappa shape index (κ1) is 21.7. The number of hydrogen-bond acceptors (Lipinski definition) is 6. The Balaban J connectivity index is 0.000000431. The number of pyridine rings is 1. The molecule has 8 nitrogen and oxygen atoms in total. The maximum atomic E-state index is 11.2. The normalized spacial score (nSPS) is 27.0. The number of benzene rings is 1. The van der Waals surface area contributed by atoms with Gasteiger partial charge in [-0.2, -0.15) is 8.42 Å². The van der Waals surface area contributed by atoms with Crippen molar-refractivity contribution in [2.75, 3.05) is 20.2 Å². The van der Waals surface area contributed by atoms with Crippen molar-refractivity contribution in [3.8, 4) is 5.75 Å². The van der Waals surface area contributed by atoms with Crippen LogP contribution >= 0.6 is 0 Å². The molecular weight excluding hydrogens is 396 g/mol. The van der Waals surface area contributed by atoms with Crippen LogP contribution in [0.3, 0.4) is 0 Å². The summed E-state index contributed by atoms with van der Waals surface area (Å²) in [4.78, 5) is 6.86. The lowest BCUT2D eigenvalue weighted by Crippen LogP contribution is -2.54. The quantitative estimate of drug-likeness (QED) is 0.508. The van der Waals surface area contributed by atoms with Crippen LogP contribution in [0.1, 0.15) is 24.5 Å². The van der Waals surface area contributed by atoms with Crippen LogP contribution in [0.25, 0.3) is 10.9 Å². The molecule has 4 heterocycles. The van der Waals surface area contributed by atoms with E-state index >= 15 is 0 Å². The Hall–Kier alpha value is -2.04. The van der Waals surface area contributed by atoms with E-state index < -0.39 is 16.5 Å². The van der Waals surface area contributed by atoms with E-state index in [9.17, 15) is 5.11 Å². The van der Waals surface area contributed by atoms with Crippen molar-refractivity contribution in [1.29, 1.82) is 0 Å². The Morgan fingerprint density at radius 3 is 2.66 bits per heavy atom. The summed E-state index contributed by atoms with van der Waals surface area (Å²) >= 11 is 0. The lowest BCUT2D eigenvalue weighted by Gasteiger charge is -2.50. The first-order chi connectivity index (χ1) is 13.7. The summed E-state index contributed by atoms with van der Waals surface area (Å²) in [6, 6.07) is 7.96. The van der Waals surface area contributed by atoms with E-state index in [1.165, 1.54) is 6.42 Å². The number of piperidine rings is 3. The largest absolute Gasteiger partial charge is 0.497 e. The molecule has 158 valence electrons. The summed E-state index contributed by atoms with van der Waals surface area (Å²) in [5.74, 6) is 2.01. The number of hydrogen-bond donors (Lipinski definition) is 3. The highest BCUT2D eigenvalue weighted by atomic mass is 32.3. The second-order valence-corrected chi connectivity index (χ2v) is 8.32. The number of rotatable bonds is 4. The minimum atomic E-state index is -4.67. The van der Waals surface area contributed by atoms with Gasteiger partial charge in [0.05, 0.1) is 18.7 Å². The second-order valence-electron chi connectivity index (χ2n) is 7.42. The van der Waals surface area contributed by atoms with E-state index in [-0.39, 0.29) is 6.04 Å². The predicted octanol–water partition coefficient (Wildman–Crippen LogP) is 2.52. The third-order valence-corrected chi connectivity index (χ3v) is 5.82. The summed E-state index contributed by atoms with van der Waals surface area (Å²) in [6.07, 6.45) is 5.62. The molecule has 2 bridgehead atoms. The van der Waals surface area contributed by atoms with E-state index in [1.54, 1.807) is 13.3 Å². The fraction of sp³-hybridized carbons (Fsp3) is 0.450. The van der Waals surface area contributed by atoms with E-state index in [0.29, 0.717) is 11.8 Å². The molecule has 3 aliphatic heterocycles. The van der Waals surface area contributed by atoms with Crippen LogP contribution in [-0.2, 0) is 10.4 Å². The second kappa shape index (κ2) is 8.76. The molecule has 2 aromatic rings. The summed E-state index contributed by atoms with van der Waals surface area (Å²) in [5.41, 5.74) is 1.85. The summed E-state index contributed by atoms with van der Waals surface area (Å²) in [6.45, 7) is 6.07. The van der Waals surface area contributed by atoms with E-state index in [2.05, 4.69) is 22.5 Å². The van der Waals surface area contributed by atoms with Gasteiger partial charge in [0.15, 0.2) is 0 Å². The minimum absolute atomic E-state index is 0.178. The first-order valence-corrected chi connectivity index (χ1v) is 10.8. The van der Waals surface area contributed by atoms with Crippen molar-refractivity contribution in [2.45, 2.75) is 25.0 Å². The fourth-order valence-corrected chi connectivity index (χ4v) is 4.44. The predicted molar refractivity (Wildman–Crippen MR) is 109 cm³/mol. The highest BCUT2D eigenvalue weighted by Gasteiger charge is 2.42. The van der Waals surface area contributed by atoms with Crippen LogP contribution in [0.2, 0.25) is 0 Å². The van der Waals surface area contributed by atoms with Crippen LogP contribution in [0, 0.1) is 11.8 Å². The zero-order valence-electron chi connectivity index (χ0n) is 16.2. The average molecular weight is 423 g/mol. The van der Waals surface area contributed by atoms with Gasteiger partial charge in [0, 0.05) is 24.2 Å². The third-order valence-electron chi connectivity index (χ3n) is 5.82. The molecule has 3 saturated heterocycles. The Morgan fingerprint density at radius 2 is 2.07 bits per heavy atom. The molecule has 0 spiro atoms. The average Bonchev–Trinajstić information content (AvgIpc) is 2.71. The highest BCUT2D eigenvalue weighted by molar-refractivity contribution is 7.79. The van der Waals surface area contributed by atoms with Gasteiger partial charge in [-0.15, -0.1) is 6.58 Å². The Labute approximate surface area is 170 Å². The molecule has 9 heteroatoms. The molecule has 2 unspecified atom stereocenters. The van der Waals surface area contributed by atoms with E-state index in [0.717, 1.165) is 41.7 Å². The Kier molecular flexibility index (Phi) is 6.55. The van der Waals surface area contributed by atoms with Crippen molar-refractivity contribution in [1.82, 2.24) is 9.88 Å². The van der Waals surface area contributed by atoms with Gasteiger partial charge < -0.3 is 9.84 Å². The van der Waals surface area contributed by atoms with Crippen molar-refractivity contribution >= 4 is 21.3 Å². The van der Waals surface area contributed by atoms with E-state index in [1.807, 2.05) is 24.3 Å². The summed E-state index contributed by atoms with van der Waals surface area (Å²) in [7, 11) is -3.01. The summed E-state index contributed by atoms with van der Waals surface area (Å²) in [5, 5.41) is 12.1. The zero-order chi connectivity index (χ0) is 21.2. The summed E-state index contributed by atoms with van der Waals surface area (Å²) < 4.78 is 36.9. The number of methoxy groups -OCH3 is 1. The molecule has 3 N–H and O–H groups in total. The number of aromatic nitrogens is 1. The molecule has 3 fully saturated rings. The van der Waals surface area contributed by atoms with Crippen LogP contribution < -0.4 is 4.74 Å². The fourth-order valence-electron chi connectivity index (χ4n) is 4.44. The molecular formula is C20H26N2O6S. The lowest BCUT2D eigenvalue weighted by atomic mass is 9.73. The molecule has 3 aliphatic rings. The highest BCUT2D eigenvalue weighted by Crippen LogP contribution is 2.42. The zero-order valence-corrected chi connectivity index (χ0v) is 17.0. The van der Waals surface area contributed by atoms with Crippen LogP contribution in [0.4, 0.5) is 0 Å². The number of fused-ring (bicyclic) bond motifs is 4. The monoisotopic (exact) mass is 422 g/mol. The van der Waals surface area contributed by atoms with Crippen molar-refractivity contribution < 1.29 is 27.4 Å². The van der Waals surface area contributed by atoms with Gasteiger partial charge in [0.1, 0.15) is 5.75 Å². The number of ether oxygens (including phenoxy) is 1.